The van der Waals surface area contributed by atoms with Crippen LogP contribution >= 0.6 is 0 Å². The molecule has 0 atom stereocenters. The molecule has 0 aliphatic heterocycles. The van der Waals surface area contributed by atoms with E-state index in [1.165, 1.54) is 5.56 Å². The van der Waals surface area contributed by atoms with Crippen LogP contribution in [-0.2, 0) is 6.54 Å². The first-order chi connectivity index (χ1) is 8.54. The zero-order valence-electron chi connectivity index (χ0n) is 11.2. The van der Waals surface area contributed by atoms with Gasteiger partial charge in [-0.1, -0.05) is 6.07 Å². The van der Waals surface area contributed by atoms with Gasteiger partial charge >= 0.3 is 0 Å². The van der Waals surface area contributed by atoms with Gasteiger partial charge in [-0.3, -0.25) is 0 Å². The van der Waals surface area contributed by atoms with Crippen molar-refractivity contribution >= 4 is 11.0 Å². The Morgan fingerprint density at radius 3 is 2.67 bits per heavy atom. The van der Waals surface area contributed by atoms with Crippen molar-refractivity contribution in [1.29, 1.82) is 0 Å². The van der Waals surface area contributed by atoms with Crippen LogP contribution in [0.2, 0.25) is 0 Å². The van der Waals surface area contributed by atoms with Crippen LogP contribution in [0.5, 0.6) is 0 Å². The first-order valence-corrected chi connectivity index (χ1v) is 6.30. The standard InChI is InChI=1S/C13H21N5/c1-13(2,3)15-7-6-14-9-10-4-5-11-12(8-10)17-18-16-11/h4-5,8,14-15H,6-7,9H2,1-3H3,(H,16,17,18). The molecule has 0 radical (unpaired) electrons. The molecule has 0 spiro atoms. The number of nitrogens with one attached hydrogen (secondary N) is 3. The minimum Gasteiger partial charge on any atom is -0.311 e. The van der Waals surface area contributed by atoms with Crippen molar-refractivity contribution in [3.05, 3.63) is 23.8 Å². The number of H-pyrrole nitrogens is 1. The fourth-order valence-electron chi connectivity index (χ4n) is 1.75. The molecule has 1 heterocycles. The summed E-state index contributed by atoms with van der Waals surface area (Å²) in [5, 5.41) is 17.6. The molecule has 0 saturated heterocycles. The molecule has 3 N–H and O–H groups in total. The van der Waals surface area contributed by atoms with E-state index in [1.807, 2.05) is 6.07 Å². The molecule has 0 fully saturated rings. The van der Waals surface area contributed by atoms with Crippen LogP contribution in [-0.4, -0.2) is 34.0 Å². The molecule has 0 saturated carbocycles. The Hall–Kier alpha value is -1.46. The average Bonchev–Trinajstić information content (AvgIpc) is 2.74. The molecule has 0 amide bonds. The third-order valence-electron chi connectivity index (χ3n) is 2.67. The third kappa shape index (κ3) is 3.78. The van der Waals surface area contributed by atoms with Gasteiger partial charge in [0.15, 0.2) is 0 Å². The van der Waals surface area contributed by atoms with Crippen molar-refractivity contribution in [2.45, 2.75) is 32.9 Å². The average molecular weight is 247 g/mol. The quantitative estimate of drug-likeness (QED) is 0.699. The predicted octanol–water partition coefficient (Wildman–Crippen LogP) is 1.44. The molecule has 1 aromatic heterocycles. The summed E-state index contributed by atoms with van der Waals surface area (Å²) in [5.41, 5.74) is 3.24. The summed E-state index contributed by atoms with van der Waals surface area (Å²) in [4.78, 5) is 0. The number of rotatable bonds is 5. The van der Waals surface area contributed by atoms with Gasteiger partial charge in [-0.15, -0.1) is 0 Å². The number of benzene rings is 1. The molecule has 5 heteroatoms. The maximum Gasteiger partial charge on any atom is 0.113 e. The summed E-state index contributed by atoms with van der Waals surface area (Å²) in [7, 11) is 0. The summed E-state index contributed by atoms with van der Waals surface area (Å²) >= 11 is 0. The van der Waals surface area contributed by atoms with Gasteiger partial charge in [0.25, 0.3) is 0 Å². The van der Waals surface area contributed by atoms with Crippen LogP contribution < -0.4 is 10.6 Å². The van der Waals surface area contributed by atoms with Gasteiger partial charge in [-0.05, 0) is 38.5 Å². The molecule has 98 valence electrons. The highest BCUT2D eigenvalue weighted by molar-refractivity contribution is 5.74. The summed E-state index contributed by atoms with van der Waals surface area (Å²) in [6.45, 7) is 9.29. The normalized spacial score (nSPS) is 12.2. The lowest BCUT2D eigenvalue weighted by atomic mass is 10.1. The molecule has 0 bridgehead atoms. The van der Waals surface area contributed by atoms with Crippen LogP contribution in [0.3, 0.4) is 0 Å². The van der Waals surface area contributed by atoms with E-state index in [1.54, 1.807) is 0 Å². The molecule has 2 aromatic rings. The van der Waals surface area contributed by atoms with E-state index in [0.29, 0.717) is 0 Å². The Labute approximate surface area is 107 Å². The van der Waals surface area contributed by atoms with Crippen LogP contribution in [0.4, 0.5) is 0 Å². The minimum atomic E-state index is 0.182. The van der Waals surface area contributed by atoms with E-state index >= 15 is 0 Å². The Bertz CT molecular complexity index is 497. The Morgan fingerprint density at radius 2 is 1.89 bits per heavy atom. The van der Waals surface area contributed by atoms with Gasteiger partial charge in [0, 0.05) is 25.2 Å². The van der Waals surface area contributed by atoms with Crippen LogP contribution in [0.15, 0.2) is 18.2 Å². The van der Waals surface area contributed by atoms with E-state index in [0.717, 1.165) is 30.7 Å². The Morgan fingerprint density at radius 1 is 1.11 bits per heavy atom. The maximum atomic E-state index is 4.08. The van der Waals surface area contributed by atoms with Crippen molar-refractivity contribution in [3.63, 3.8) is 0 Å². The van der Waals surface area contributed by atoms with E-state index < -0.39 is 0 Å². The van der Waals surface area contributed by atoms with Crippen molar-refractivity contribution in [3.8, 4) is 0 Å². The second kappa shape index (κ2) is 5.46. The zero-order valence-corrected chi connectivity index (χ0v) is 11.2. The predicted molar refractivity (Wildman–Crippen MR) is 73.4 cm³/mol. The van der Waals surface area contributed by atoms with Crippen molar-refractivity contribution < 1.29 is 0 Å². The molecule has 0 aliphatic carbocycles. The van der Waals surface area contributed by atoms with E-state index in [2.05, 4.69) is 58.9 Å². The number of hydrogen-bond acceptors (Lipinski definition) is 4. The number of aromatic nitrogens is 3. The first-order valence-electron chi connectivity index (χ1n) is 6.30. The van der Waals surface area contributed by atoms with Crippen molar-refractivity contribution in [1.82, 2.24) is 26.0 Å². The number of hydrogen-bond donors (Lipinski definition) is 3. The second-order valence-electron chi connectivity index (χ2n) is 5.50. The zero-order chi connectivity index (χ0) is 13.0. The van der Waals surface area contributed by atoms with Gasteiger partial charge in [-0.2, -0.15) is 15.4 Å². The molecular weight excluding hydrogens is 226 g/mol. The second-order valence-corrected chi connectivity index (χ2v) is 5.50. The lowest BCUT2D eigenvalue weighted by Gasteiger charge is -2.20. The number of fused-ring (bicyclic) bond motifs is 1. The molecule has 0 unspecified atom stereocenters. The largest absolute Gasteiger partial charge is 0.311 e. The van der Waals surface area contributed by atoms with Crippen molar-refractivity contribution in [2.24, 2.45) is 0 Å². The maximum absolute atomic E-state index is 4.08. The summed E-state index contributed by atoms with van der Waals surface area (Å²) in [6, 6.07) is 6.13. The minimum absolute atomic E-state index is 0.182. The number of nitrogens with zero attached hydrogens (tertiary/aromatic N) is 2. The lowest BCUT2D eigenvalue weighted by molar-refractivity contribution is 0.421. The van der Waals surface area contributed by atoms with Gasteiger partial charge in [0.1, 0.15) is 11.0 Å². The third-order valence-corrected chi connectivity index (χ3v) is 2.67. The highest BCUT2D eigenvalue weighted by Gasteiger charge is 2.06. The van der Waals surface area contributed by atoms with Gasteiger partial charge in [-0.25, -0.2) is 0 Å². The number of aromatic amines is 1. The van der Waals surface area contributed by atoms with E-state index in [-0.39, 0.29) is 5.54 Å². The lowest BCUT2D eigenvalue weighted by Crippen LogP contribution is -2.40. The Kier molecular flexibility index (Phi) is 3.93. The van der Waals surface area contributed by atoms with Crippen LogP contribution in [0.25, 0.3) is 11.0 Å². The van der Waals surface area contributed by atoms with Crippen LogP contribution in [0, 0.1) is 0 Å². The Balaban J connectivity index is 1.76. The van der Waals surface area contributed by atoms with Crippen molar-refractivity contribution in [2.75, 3.05) is 13.1 Å². The van der Waals surface area contributed by atoms with Crippen LogP contribution in [0.1, 0.15) is 26.3 Å². The highest BCUT2D eigenvalue weighted by Crippen LogP contribution is 2.09. The summed E-state index contributed by atoms with van der Waals surface area (Å²) in [5.74, 6) is 0. The molecule has 18 heavy (non-hydrogen) atoms. The van der Waals surface area contributed by atoms with E-state index in [9.17, 15) is 0 Å². The van der Waals surface area contributed by atoms with Gasteiger partial charge in [0.2, 0.25) is 0 Å². The van der Waals surface area contributed by atoms with E-state index in [4.69, 9.17) is 0 Å². The molecule has 0 aliphatic rings. The van der Waals surface area contributed by atoms with Gasteiger partial charge < -0.3 is 10.6 Å². The fraction of sp³-hybridized carbons (Fsp3) is 0.538. The van der Waals surface area contributed by atoms with Gasteiger partial charge in [0.05, 0.1) is 0 Å². The smallest absolute Gasteiger partial charge is 0.113 e. The molecule has 5 nitrogen and oxygen atoms in total. The topological polar surface area (TPSA) is 65.6 Å². The fourth-order valence-corrected chi connectivity index (χ4v) is 1.75. The monoisotopic (exact) mass is 247 g/mol. The SMILES string of the molecule is CC(C)(C)NCCNCc1ccc2n[nH]nc2c1. The molecular formula is C13H21N5. The molecule has 1 aromatic carbocycles. The summed E-state index contributed by atoms with van der Waals surface area (Å²) < 4.78 is 0. The first kappa shape index (κ1) is 13.0. The summed E-state index contributed by atoms with van der Waals surface area (Å²) in [6.07, 6.45) is 0. The molecule has 2 rings (SSSR count). The highest BCUT2D eigenvalue weighted by atomic mass is 15.3.